The van der Waals surface area contributed by atoms with Gasteiger partial charge in [0.25, 0.3) is 0 Å². The average molecular weight is 482 g/mol. The van der Waals surface area contributed by atoms with E-state index in [0.29, 0.717) is 42.9 Å². The van der Waals surface area contributed by atoms with E-state index in [4.69, 9.17) is 24.7 Å². The van der Waals surface area contributed by atoms with Crippen molar-refractivity contribution in [3.8, 4) is 0 Å². The second kappa shape index (κ2) is 7.38. The number of fused-ring (bicyclic) bond motifs is 1. The van der Waals surface area contributed by atoms with Crippen molar-refractivity contribution in [1.29, 1.82) is 0 Å². The summed E-state index contributed by atoms with van der Waals surface area (Å²) >= 11 is 0. The third kappa shape index (κ3) is 3.68. The summed E-state index contributed by atoms with van der Waals surface area (Å²) in [5.74, 6) is -1.78. The van der Waals surface area contributed by atoms with Crippen LogP contribution in [0.3, 0.4) is 0 Å². The molecule has 0 N–H and O–H groups in total. The van der Waals surface area contributed by atoms with Crippen molar-refractivity contribution in [2.45, 2.75) is 76.4 Å². The van der Waals surface area contributed by atoms with Crippen LogP contribution in [0.1, 0.15) is 79.2 Å². The number of hydrogen-bond acceptors (Lipinski definition) is 7. The quantitative estimate of drug-likeness (QED) is 0.545. The second-order valence-corrected chi connectivity index (χ2v) is 11.1. The first-order valence-corrected chi connectivity index (χ1v) is 12.6. The second-order valence-electron chi connectivity index (χ2n) is 11.1. The first kappa shape index (κ1) is 21.5. The summed E-state index contributed by atoms with van der Waals surface area (Å²) in [6, 6.07) is 0.529. The summed E-state index contributed by atoms with van der Waals surface area (Å²) in [6.07, 6.45) is 7.72. The maximum Gasteiger partial charge on any atom is 0.249 e. The third-order valence-electron chi connectivity index (χ3n) is 8.23. The number of aryl methyl sites for hydroxylation is 2. The molecule has 4 aliphatic rings. The van der Waals surface area contributed by atoms with Crippen molar-refractivity contribution in [1.82, 2.24) is 29.7 Å². The van der Waals surface area contributed by atoms with E-state index in [1.165, 1.54) is 12.8 Å². The summed E-state index contributed by atoms with van der Waals surface area (Å²) in [7, 11) is 0. The fraction of sp³-hybridized carbons (Fsp3) is 0.640. The van der Waals surface area contributed by atoms with E-state index in [1.54, 1.807) is 0 Å². The van der Waals surface area contributed by atoms with Crippen LogP contribution in [-0.2, 0) is 4.74 Å². The van der Waals surface area contributed by atoms with Gasteiger partial charge in [-0.1, -0.05) is 0 Å². The first-order chi connectivity index (χ1) is 16.8. The molecule has 1 spiro atoms. The van der Waals surface area contributed by atoms with Crippen LogP contribution in [0.25, 0.3) is 11.2 Å². The van der Waals surface area contributed by atoms with Crippen molar-refractivity contribution in [3.63, 3.8) is 0 Å². The van der Waals surface area contributed by atoms with E-state index in [2.05, 4.69) is 16.2 Å². The van der Waals surface area contributed by atoms with Gasteiger partial charge < -0.3 is 9.64 Å². The van der Waals surface area contributed by atoms with Crippen molar-refractivity contribution in [3.05, 3.63) is 35.0 Å². The summed E-state index contributed by atoms with van der Waals surface area (Å²) < 4.78 is 35.3. The van der Waals surface area contributed by atoms with E-state index in [1.807, 2.05) is 24.7 Å². The Morgan fingerprint density at radius 2 is 1.80 bits per heavy atom. The molecule has 0 bridgehead atoms. The topological polar surface area (TPSA) is 81.9 Å². The zero-order valence-electron chi connectivity index (χ0n) is 20.0. The minimum Gasteiger partial charge on any atom is -0.370 e. The Morgan fingerprint density at radius 1 is 1.03 bits per heavy atom. The Hall–Kier alpha value is -2.75. The summed E-state index contributed by atoms with van der Waals surface area (Å²) in [4.78, 5) is 21.5. The molecule has 0 radical (unpaired) electrons. The van der Waals surface area contributed by atoms with Gasteiger partial charge in [0.05, 0.1) is 42.5 Å². The SMILES string of the molecule is Cc1nc2nc(N3CCO[C@@H](c4cnn(C5CC5)c4)C3)nc(C3CC4(C3)CC(F)(F)C4)c2nc1C. The van der Waals surface area contributed by atoms with Gasteiger partial charge in [-0.3, -0.25) is 4.68 Å². The molecular formula is C25H29F2N7O. The zero-order chi connectivity index (χ0) is 23.9. The minimum atomic E-state index is -2.51. The van der Waals surface area contributed by atoms with Crippen LogP contribution in [0.2, 0.25) is 0 Å². The molecular weight excluding hydrogens is 452 g/mol. The van der Waals surface area contributed by atoms with Crippen LogP contribution < -0.4 is 4.90 Å². The molecule has 35 heavy (non-hydrogen) atoms. The third-order valence-corrected chi connectivity index (χ3v) is 8.23. The molecule has 7 rings (SSSR count). The molecule has 0 amide bonds. The minimum absolute atomic E-state index is 0.00410. The van der Waals surface area contributed by atoms with Crippen LogP contribution in [0.4, 0.5) is 14.7 Å². The molecule has 1 aliphatic heterocycles. The van der Waals surface area contributed by atoms with Crippen molar-refractivity contribution >= 4 is 17.1 Å². The Morgan fingerprint density at radius 3 is 2.54 bits per heavy atom. The molecule has 10 heteroatoms. The molecule has 4 heterocycles. The number of hydrogen-bond donors (Lipinski definition) is 0. The highest BCUT2D eigenvalue weighted by Crippen LogP contribution is 2.67. The number of morpholine rings is 1. The predicted octanol–water partition coefficient (Wildman–Crippen LogP) is 4.44. The summed E-state index contributed by atoms with van der Waals surface area (Å²) in [6.45, 7) is 5.73. The molecule has 1 saturated heterocycles. The lowest BCUT2D eigenvalue weighted by atomic mass is 9.49. The Kier molecular flexibility index (Phi) is 4.54. The Bertz CT molecular complexity index is 1300. The van der Waals surface area contributed by atoms with Crippen LogP contribution in [0.5, 0.6) is 0 Å². The molecule has 3 aliphatic carbocycles. The van der Waals surface area contributed by atoms with Gasteiger partial charge in [0.15, 0.2) is 5.65 Å². The summed E-state index contributed by atoms with van der Waals surface area (Å²) in [5.41, 5.74) is 4.66. The standard InChI is InChI=1S/C25H29F2N7O/c1-14-15(2)30-22-21(29-14)20(16-7-24(8-16)12-25(26,27)13-24)31-23(32-22)33-5-6-35-19(11-33)17-9-28-34(10-17)18-3-4-18/h9-10,16,18-19H,3-8,11-13H2,1-2H3/t19-/m1/s1. The monoisotopic (exact) mass is 481 g/mol. The van der Waals surface area contributed by atoms with Gasteiger partial charge in [0.1, 0.15) is 11.6 Å². The molecule has 0 aromatic carbocycles. The molecule has 1 atom stereocenters. The maximum atomic E-state index is 13.6. The van der Waals surface area contributed by atoms with E-state index in [-0.39, 0.29) is 30.3 Å². The zero-order valence-corrected chi connectivity index (χ0v) is 20.0. The number of anilines is 1. The number of nitrogens with zero attached hydrogens (tertiary/aromatic N) is 7. The van der Waals surface area contributed by atoms with Crippen molar-refractivity contribution in [2.24, 2.45) is 5.41 Å². The molecule has 3 saturated carbocycles. The fourth-order valence-electron chi connectivity index (χ4n) is 6.15. The van der Waals surface area contributed by atoms with Crippen molar-refractivity contribution in [2.75, 3.05) is 24.6 Å². The van der Waals surface area contributed by atoms with Crippen LogP contribution in [0, 0.1) is 19.3 Å². The number of aromatic nitrogens is 6. The van der Waals surface area contributed by atoms with Gasteiger partial charge in [0, 0.05) is 37.1 Å². The van der Waals surface area contributed by atoms with Gasteiger partial charge in [-0.15, -0.1) is 0 Å². The van der Waals surface area contributed by atoms with E-state index in [0.717, 1.165) is 35.5 Å². The smallest absolute Gasteiger partial charge is 0.249 e. The maximum absolute atomic E-state index is 13.6. The van der Waals surface area contributed by atoms with Crippen LogP contribution in [-0.4, -0.2) is 55.3 Å². The highest BCUT2D eigenvalue weighted by atomic mass is 19.3. The van der Waals surface area contributed by atoms with Gasteiger partial charge in [-0.2, -0.15) is 10.1 Å². The molecule has 184 valence electrons. The number of rotatable bonds is 4. The lowest BCUT2D eigenvalue weighted by Crippen LogP contribution is -2.53. The van der Waals surface area contributed by atoms with Crippen LogP contribution in [0.15, 0.2) is 12.4 Å². The highest BCUT2D eigenvalue weighted by molar-refractivity contribution is 5.75. The summed E-state index contributed by atoms with van der Waals surface area (Å²) in [5, 5.41) is 4.52. The van der Waals surface area contributed by atoms with Gasteiger partial charge in [0.2, 0.25) is 11.9 Å². The first-order valence-electron chi connectivity index (χ1n) is 12.6. The predicted molar refractivity (Wildman–Crippen MR) is 125 cm³/mol. The number of alkyl halides is 2. The molecule has 8 nitrogen and oxygen atoms in total. The van der Waals surface area contributed by atoms with E-state index < -0.39 is 5.92 Å². The van der Waals surface area contributed by atoms with Gasteiger partial charge in [-0.25, -0.2) is 23.7 Å². The van der Waals surface area contributed by atoms with Gasteiger partial charge in [-0.05, 0) is 44.9 Å². The van der Waals surface area contributed by atoms with E-state index >= 15 is 0 Å². The average Bonchev–Trinajstić information content (AvgIpc) is 3.52. The number of ether oxygens (including phenoxy) is 1. The lowest BCUT2D eigenvalue weighted by molar-refractivity contribution is -0.196. The Labute approximate surface area is 202 Å². The number of halogens is 2. The van der Waals surface area contributed by atoms with Crippen LogP contribution >= 0.6 is 0 Å². The largest absolute Gasteiger partial charge is 0.370 e. The Balaban J connectivity index is 1.19. The lowest BCUT2D eigenvalue weighted by Gasteiger charge is -2.57. The molecule has 0 unspecified atom stereocenters. The van der Waals surface area contributed by atoms with E-state index in [9.17, 15) is 8.78 Å². The fourth-order valence-corrected chi connectivity index (χ4v) is 6.15. The highest BCUT2D eigenvalue weighted by Gasteiger charge is 2.62. The van der Waals surface area contributed by atoms with Gasteiger partial charge >= 0.3 is 0 Å². The molecule has 3 aromatic rings. The normalized spacial score (nSPS) is 25.6. The van der Waals surface area contributed by atoms with Crippen molar-refractivity contribution < 1.29 is 13.5 Å². The molecule has 4 fully saturated rings. The molecule has 3 aromatic heterocycles.